The molecule has 0 aliphatic heterocycles. The average molecular weight is 233 g/mol. The highest BCUT2D eigenvalue weighted by molar-refractivity contribution is 5.15. The van der Waals surface area contributed by atoms with E-state index in [0.29, 0.717) is 5.89 Å². The van der Waals surface area contributed by atoms with Crippen molar-refractivity contribution in [2.75, 3.05) is 0 Å². The van der Waals surface area contributed by atoms with Gasteiger partial charge in [0.1, 0.15) is 0 Å². The molecule has 1 aromatic carbocycles. The lowest BCUT2D eigenvalue weighted by Crippen LogP contribution is -2.18. The van der Waals surface area contributed by atoms with Crippen LogP contribution in [0.4, 0.5) is 0 Å². The molecule has 0 saturated heterocycles. The molecule has 0 fully saturated rings. The molecule has 2 rings (SSSR count). The number of aromatic nitrogens is 1. The zero-order valence-electron chi connectivity index (χ0n) is 9.97. The van der Waals surface area contributed by atoms with Crippen molar-refractivity contribution in [2.45, 2.75) is 32.1 Å². The van der Waals surface area contributed by atoms with E-state index in [1.54, 1.807) is 0 Å². The number of benzene rings is 1. The fourth-order valence-corrected chi connectivity index (χ4v) is 1.67. The molecule has 1 aromatic heterocycles. The average Bonchev–Trinajstić information content (AvgIpc) is 2.76. The minimum atomic E-state index is -0.743. The SMILES string of the molecule is CC(C)(CCc1ccccc1)c1noc(=O)o1. The van der Waals surface area contributed by atoms with Crippen LogP contribution in [0, 0.1) is 0 Å². The number of aryl methyl sites for hydroxylation is 1. The number of rotatable bonds is 4. The van der Waals surface area contributed by atoms with Gasteiger partial charge in [-0.05, 0) is 23.6 Å². The van der Waals surface area contributed by atoms with Crippen LogP contribution in [0.5, 0.6) is 0 Å². The van der Waals surface area contributed by atoms with Gasteiger partial charge in [-0.3, -0.25) is 4.52 Å². The van der Waals surface area contributed by atoms with Gasteiger partial charge in [0.25, 0.3) is 0 Å². The predicted octanol–water partition coefficient (Wildman–Crippen LogP) is 2.54. The molecule has 0 atom stereocenters. The van der Waals surface area contributed by atoms with Crippen LogP contribution in [-0.2, 0) is 11.8 Å². The summed E-state index contributed by atoms with van der Waals surface area (Å²) in [5.74, 6) is -0.383. The Morgan fingerprint density at radius 2 is 1.94 bits per heavy atom. The Morgan fingerprint density at radius 3 is 2.53 bits per heavy atom. The highest BCUT2D eigenvalue weighted by Crippen LogP contribution is 2.26. The van der Waals surface area contributed by atoms with Crippen molar-refractivity contribution in [1.29, 1.82) is 0 Å². The Morgan fingerprint density at radius 1 is 1.24 bits per heavy atom. The summed E-state index contributed by atoms with van der Waals surface area (Å²) in [7, 11) is 0. The predicted molar refractivity (Wildman–Crippen MR) is 62.8 cm³/mol. The molecular weight excluding hydrogens is 218 g/mol. The molecule has 0 aliphatic carbocycles. The van der Waals surface area contributed by atoms with Crippen LogP contribution in [-0.4, -0.2) is 5.16 Å². The Labute approximate surface area is 99.2 Å². The second kappa shape index (κ2) is 4.57. The van der Waals surface area contributed by atoms with Crippen molar-refractivity contribution in [3.63, 3.8) is 0 Å². The lowest BCUT2D eigenvalue weighted by molar-refractivity contribution is 0.323. The van der Waals surface area contributed by atoms with Crippen molar-refractivity contribution in [3.8, 4) is 0 Å². The summed E-state index contributed by atoms with van der Waals surface area (Å²) in [6.07, 6.45) is 1.75. The van der Waals surface area contributed by atoms with Crippen LogP contribution in [0.3, 0.4) is 0 Å². The van der Waals surface area contributed by atoms with E-state index in [0.717, 1.165) is 12.8 Å². The van der Waals surface area contributed by atoms with Gasteiger partial charge in [0.05, 0.1) is 0 Å². The summed E-state index contributed by atoms with van der Waals surface area (Å²) in [5, 5.41) is 3.65. The Hall–Kier alpha value is -1.84. The van der Waals surface area contributed by atoms with Gasteiger partial charge in [-0.2, -0.15) is 0 Å². The highest BCUT2D eigenvalue weighted by atomic mass is 16.6. The van der Waals surface area contributed by atoms with Gasteiger partial charge in [-0.25, -0.2) is 4.79 Å². The van der Waals surface area contributed by atoms with E-state index in [4.69, 9.17) is 4.42 Å². The molecule has 0 bridgehead atoms. The minimum Gasteiger partial charge on any atom is -0.374 e. The molecule has 0 spiro atoms. The first-order valence-corrected chi connectivity index (χ1v) is 5.59. The monoisotopic (exact) mass is 233 g/mol. The van der Waals surface area contributed by atoms with E-state index in [1.807, 2.05) is 32.0 Å². The molecule has 0 amide bonds. The topological polar surface area (TPSA) is 56.2 Å². The van der Waals surface area contributed by atoms with Gasteiger partial charge in [0, 0.05) is 5.41 Å². The van der Waals surface area contributed by atoms with Crippen molar-refractivity contribution >= 4 is 0 Å². The molecule has 17 heavy (non-hydrogen) atoms. The quantitative estimate of drug-likeness (QED) is 0.814. The smallest absolute Gasteiger partial charge is 0.374 e. The molecule has 1 heterocycles. The first kappa shape index (κ1) is 11.6. The second-order valence-electron chi connectivity index (χ2n) is 4.71. The summed E-state index contributed by atoms with van der Waals surface area (Å²) in [6.45, 7) is 3.97. The molecule has 2 aromatic rings. The van der Waals surface area contributed by atoms with Crippen molar-refractivity contribution in [3.05, 3.63) is 52.4 Å². The number of nitrogens with zero attached hydrogens (tertiary/aromatic N) is 1. The third-order valence-corrected chi connectivity index (χ3v) is 2.84. The first-order valence-electron chi connectivity index (χ1n) is 5.59. The van der Waals surface area contributed by atoms with E-state index in [-0.39, 0.29) is 5.41 Å². The molecule has 4 heteroatoms. The minimum absolute atomic E-state index is 0.304. The molecule has 0 unspecified atom stereocenters. The molecule has 0 radical (unpaired) electrons. The maximum Gasteiger partial charge on any atom is 0.542 e. The zero-order valence-corrected chi connectivity index (χ0v) is 9.97. The van der Waals surface area contributed by atoms with E-state index >= 15 is 0 Å². The lowest BCUT2D eigenvalue weighted by atomic mass is 9.86. The molecule has 0 N–H and O–H groups in total. The number of hydrogen-bond acceptors (Lipinski definition) is 4. The fourth-order valence-electron chi connectivity index (χ4n) is 1.67. The van der Waals surface area contributed by atoms with Crippen LogP contribution in [0.1, 0.15) is 31.7 Å². The van der Waals surface area contributed by atoms with Crippen LogP contribution < -0.4 is 5.82 Å². The summed E-state index contributed by atoms with van der Waals surface area (Å²) >= 11 is 0. The number of hydrogen-bond donors (Lipinski definition) is 0. The van der Waals surface area contributed by atoms with Crippen molar-refractivity contribution in [1.82, 2.24) is 5.16 Å². The summed E-state index contributed by atoms with van der Waals surface area (Å²) < 4.78 is 9.33. The van der Waals surface area contributed by atoms with E-state index in [2.05, 4.69) is 21.8 Å². The normalized spacial score (nSPS) is 11.6. The molecule has 0 saturated carbocycles. The van der Waals surface area contributed by atoms with E-state index in [1.165, 1.54) is 5.56 Å². The van der Waals surface area contributed by atoms with Gasteiger partial charge < -0.3 is 4.42 Å². The maximum atomic E-state index is 10.8. The molecule has 90 valence electrons. The van der Waals surface area contributed by atoms with Crippen LogP contribution in [0.15, 0.2) is 44.1 Å². The van der Waals surface area contributed by atoms with Crippen molar-refractivity contribution < 1.29 is 8.94 Å². The Balaban J connectivity index is 2.05. The fraction of sp³-hybridized carbons (Fsp3) is 0.385. The standard InChI is InChI=1S/C13H15NO3/c1-13(2,11-14-17-12(15)16-11)9-8-10-6-4-3-5-7-10/h3-7H,8-9H2,1-2H3. The van der Waals surface area contributed by atoms with Gasteiger partial charge in [-0.15, -0.1) is 0 Å². The molecule has 4 nitrogen and oxygen atoms in total. The highest BCUT2D eigenvalue weighted by Gasteiger charge is 2.27. The summed E-state index contributed by atoms with van der Waals surface area (Å²) in [5.41, 5.74) is 0.952. The third kappa shape index (κ3) is 2.84. The lowest BCUT2D eigenvalue weighted by Gasteiger charge is -2.18. The Bertz CT molecular complexity index is 525. The zero-order chi connectivity index (χ0) is 12.3. The third-order valence-electron chi connectivity index (χ3n) is 2.84. The second-order valence-corrected chi connectivity index (χ2v) is 4.71. The molecule has 0 aliphatic rings. The van der Waals surface area contributed by atoms with Crippen molar-refractivity contribution in [2.24, 2.45) is 0 Å². The largest absolute Gasteiger partial charge is 0.542 e. The summed E-state index contributed by atoms with van der Waals surface area (Å²) in [4.78, 5) is 10.8. The van der Waals surface area contributed by atoms with Gasteiger partial charge in [-0.1, -0.05) is 44.2 Å². The molecular formula is C13H15NO3. The first-order chi connectivity index (χ1) is 8.08. The van der Waals surface area contributed by atoms with Crippen LogP contribution in [0.2, 0.25) is 0 Å². The van der Waals surface area contributed by atoms with Gasteiger partial charge in [0.15, 0.2) is 0 Å². The summed E-state index contributed by atoms with van der Waals surface area (Å²) in [6, 6.07) is 10.2. The van der Waals surface area contributed by atoms with E-state index < -0.39 is 5.82 Å². The van der Waals surface area contributed by atoms with E-state index in [9.17, 15) is 4.79 Å². The van der Waals surface area contributed by atoms with Crippen LogP contribution in [0.25, 0.3) is 0 Å². The van der Waals surface area contributed by atoms with Crippen LogP contribution >= 0.6 is 0 Å². The Kier molecular flexibility index (Phi) is 3.13. The van der Waals surface area contributed by atoms with Gasteiger partial charge >= 0.3 is 5.82 Å². The maximum absolute atomic E-state index is 10.8. The van der Waals surface area contributed by atoms with Gasteiger partial charge in [0.2, 0.25) is 5.89 Å².